The second kappa shape index (κ2) is 11.4. The van der Waals surface area contributed by atoms with Gasteiger partial charge < -0.3 is 0 Å². The van der Waals surface area contributed by atoms with Gasteiger partial charge in [0.2, 0.25) is 7.29 Å². The zero-order chi connectivity index (χ0) is 28.4. The van der Waals surface area contributed by atoms with Crippen LogP contribution in [-0.2, 0) is 4.57 Å². The van der Waals surface area contributed by atoms with Crippen LogP contribution in [0.2, 0.25) is 0 Å². The van der Waals surface area contributed by atoms with Gasteiger partial charge in [0.05, 0.1) is 6.04 Å². The Bertz CT molecular complexity index is 1580. The average Bonchev–Trinajstić information content (AvgIpc) is 2.92. The van der Waals surface area contributed by atoms with Crippen molar-refractivity contribution < 1.29 is 4.57 Å². The van der Waals surface area contributed by atoms with Crippen molar-refractivity contribution in [1.29, 1.82) is 0 Å². The number of hydrogen-bond acceptors (Lipinski definition) is 1. The number of benzene rings is 5. The summed E-state index contributed by atoms with van der Waals surface area (Å²) in [7, 11) is -3.32. The lowest BCUT2D eigenvalue weighted by atomic mass is 9.97. The molecule has 0 saturated heterocycles. The third-order valence-corrected chi connectivity index (χ3v) is 11.0. The molecule has 2 nitrogen and oxygen atoms in total. The Balaban J connectivity index is 1.72. The largest absolute Gasteiger partial charge is 0.296 e. The molecule has 0 radical (unpaired) electrons. The van der Waals surface area contributed by atoms with Gasteiger partial charge in [-0.2, -0.15) is 0 Å². The molecule has 0 aromatic heterocycles. The van der Waals surface area contributed by atoms with E-state index in [4.69, 9.17) is 0 Å². The normalized spacial score (nSPS) is 12.3. The van der Waals surface area contributed by atoms with Crippen LogP contribution in [0.25, 0.3) is 11.1 Å². The summed E-state index contributed by atoms with van der Waals surface area (Å²) in [4.78, 5) is 0. The first-order valence-corrected chi connectivity index (χ1v) is 15.6. The van der Waals surface area contributed by atoms with Gasteiger partial charge in [-0.1, -0.05) is 120 Å². The molecule has 1 atom stereocenters. The lowest BCUT2D eigenvalue weighted by Gasteiger charge is -2.32. The van der Waals surface area contributed by atoms with Crippen molar-refractivity contribution in [2.75, 3.05) is 0 Å². The van der Waals surface area contributed by atoms with Gasteiger partial charge in [0.25, 0.3) is 0 Å². The van der Waals surface area contributed by atoms with Crippen LogP contribution in [0.5, 0.6) is 0 Å². The zero-order valence-corrected chi connectivity index (χ0v) is 25.2. The van der Waals surface area contributed by atoms with Gasteiger partial charge in [-0.25, -0.2) is 5.09 Å². The smallest absolute Gasteiger partial charge is 0.206 e. The molecule has 0 unspecified atom stereocenters. The van der Waals surface area contributed by atoms with E-state index in [2.05, 4.69) is 144 Å². The van der Waals surface area contributed by atoms with Crippen LogP contribution < -0.4 is 15.7 Å². The van der Waals surface area contributed by atoms with Gasteiger partial charge in [-0.15, -0.1) is 0 Å². The summed E-state index contributed by atoms with van der Waals surface area (Å²) in [6.07, 6.45) is 0. The molecular weight excluding hydrogens is 505 g/mol. The molecule has 5 aromatic carbocycles. The van der Waals surface area contributed by atoms with E-state index < -0.39 is 7.29 Å². The van der Waals surface area contributed by atoms with E-state index in [1.807, 2.05) is 12.1 Å². The molecule has 0 bridgehead atoms. The standard InChI is InChI=1S/C37H38NOP/c1-25-21-27(3)36(28(4)22-25)40(39,37-29(5)23-26(2)24-30(37)6)38-35(33-15-11-8-12-16-33)34-19-17-32(18-20-34)31-13-9-7-10-14-31/h7-24,35H,1-6H3,(H,38,39)/t35-/m0/s1. The molecule has 40 heavy (non-hydrogen) atoms. The maximum atomic E-state index is 15.9. The molecule has 0 fully saturated rings. The summed E-state index contributed by atoms with van der Waals surface area (Å²) in [5.41, 5.74) is 11.1. The molecule has 0 aliphatic carbocycles. The molecule has 0 amide bonds. The van der Waals surface area contributed by atoms with Crippen LogP contribution in [0.15, 0.2) is 109 Å². The summed E-state index contributed by atoms with van der Waals surface area (Å²) in [6, 6.07) is 37.8. The summed E-state index contributed by atoms with van der Waals surface area (Å²) in [6.45, 7) is 12.6. The molecule has 5 rings (SSSR count). The van der Waals surface area contributed by atoms with Gasteiger partial charge >= 0.3 is 0 Å². The van der Waals surface area contributed by atoms with Gasteiger partial charge in [0.15, 0.2) is 0 Å². The van der Waals surface area contributed by atoms with Crippen LogP contribution in [-0.4, -0.2) is 0 Å². The highest BCUT2D eigenvalue weighted by atomic mass is 31.2. The van der Waals surface area contributed by atoms with E-state index in [0.29, 0.717) is 0 Å². The fourth-order valence-corrected chi connectivity index (χ4v) is 9.64. The third kappa shape index (κ3) is 5.48. The van der Waals surface area contributed by atoms with E-state index in [1.165, 1.54) is 16.7 Å². The molecule has 1 N–H and O–H groups in total. The Morgan fingerprint density at radius 1 is 0.500 bits per heavy atom. The van der Waals surface area contributed by atoms with E-state index in [9.17, 15) is 0 Å². The number of hydrogen-bond donors (Lipinski definition) is 1. The molecule has 202 valence electrons. The SMILES string of the molecule is Cc1cc(C)c(P(=O)(N[C@@H](c2ccccc2)c2ccc(-c3ccccc3)cc2)c2c(C)cc(C)cc2C)c(C)c1. The summed E-state index contributed by atoms with van der Waals surface area (Å²) >= 11 is 0. The fraction of sp³-hybridized carbons (Fsp3) is 0.189. The first-order chi connectivity index (χ1) is 19.2. The molecule has 0 spiro atoms. The van der Waals surface area contributed by atoms with E-state index >= 15 is 4.57 Å². The van der Waals surface area contributed by atoms with Crippen molar-refractivity contribution in [3.8, 4) is 11.1 Å². The fourth-order valence-electron chi connectivity index (χ4n) is 6.25. The van der Waals surface area contributed by atoms with E-state index in [-0.39, 0.29) is 6.04 Å². The van der Waals surface area contributed by atoms with Crippen molar-refractivity contribution in [2.24, 2.45) is 0 Å². The van der Waals surface area contributed by atoms with Crippen LogP contribution in [0, 0.1) is 41.5 Å². The van der Waals surface area contributed by atoms with Crippen molar-refractivity contribution >= 4 is 17.9 Å². The van der Waals surface area contributed by atoms with Crippen LogP contribution in [0.4, 0.5) is 0 Å². The Labute approximate surface area is 239 Å². The molecule has 0 heterocycles. The molecule has 5 aromatic rings. The highest BCUT2D eigenvalue weighted by Crippen LogP contribution is 2.47. The lowest BCUT2D eigenvalue weighted by molar-refractivity contribution is 0.571. The maximum Gasteiger partial charge on any atom is 0.206 e. The quantitative estimate of drug-likeness (QED) is 0.208. The molecule has 0 aliphatic rings. The monoisotopic (exact) mass is 543 g/mol. The lowest BCUT2D eigenvalue weighted by Crippen LogP contribution is -2.35. The Hall–Kier alpha value is -3.71. The zero-order valence-electron chi connectivity index (χ0n) is 24.3. The number of rotatable bonds is 7. The minimum Gasteiger partial charge on any atom is -0.296 e. The van der Waals surface area contributed by atoms with Gasteiger partial charge in [0.1, 0.15) is 0 Å². The predicted molar refractivity (Wildman–Crippen MR) is 171 cm³/mol. The van der Waals surface area contributed by atoms with Crippen molar-refractivity contribution in [1.82, 2.24) is 5.09 Å². The van der Waals surface area contributed by atoms with Crippen LogP contribution in [0.3, 0.4) is 0 Å². The number of nitrogens with one attached hydrogen (secondary N) is 1. The summed E-state index contributed by atoms with van der Waals surface area (Å²) < 4.78 is 15.9. The average molecular weight is 544 g/mol. The highest BCUT2D eigenvalue weighted by molar-refractivity contribution is 7.77. The first-order valence-electron chi connectivity index (χ1n) is 13.9. The van der Waals surface area contributed by atoms with Gasteiger partial charge in [0, 0.05) is 10.6 Å². The predicted octanol–water partition coefficient (Wildman–Crippen LogP) is 8.81. The maximum absolute atomic E-state index is 15.9. The van der Waals surface area contributed by atoms with Crippen molar-refractivity contribution in [2.45, 2.75) is 47.6 Å². The molecule has 3 heteroatoms. The van der Waals surface area contributed by atoms with Crippen LogP contribution >= 0.6 is 7.29 Å². The first kappa shape index (κ1) is 27.8. The minimum atomic E-state index is -3.32. The van der Waals surface area contributed by atoms with Crippen molar-refractivity contribution in [3.63, 3.8) is 0 Å². The van der Waals surface area contributed by atoms with E-state index in [1.54, 1.807) is 0 Å². The second-order valence-electron chi connectivity index (χ2n) is 11.1. The highest BCUT2D eigenvalue weighted by Gasteiger charge is 2.36. The third-order valence-electron chi connectivity index (χ3n) is 7.70. The summed E-state index contributed by atoms with van der Waals surface area (Å²) in [5, 5.41) is 5.64. The van der Waals surface area contributed by atoms with Crippen molar-refractivity contribution in [3.05, 3.63) is 154 Å². The van der Waals surface area contributed by atoms with Gasteiger partial charge in [-0.05, 0) is 86.1 Å². The van der Waals surface area contributed by atoms with Gasteiger partial charge in [-0.3, -0.25) is 4.57 Å². The second-order valence-corrected chi connectivity index (χ2v) is 13.4. The Kier molecular flexibility index (Phi) is 7.95. The van der Waals surface area contributed by atoms with E-state index in [0.717, 1.165) is 49.6 Å². The van der Waals surface area contributed by atoms with Crippen LogP contribution in [0.1, 0.15) is 50.5 Å². The molecular formula is C37H38NOP. The Morgan fingerprint density at radius 3 is 1.32 bits per heavy atom. The number of aryl methyl sites for hydroxylation is 6. The summed E-state index contributed by atoms with van der Waals surface area (Å²) in [5.74, 6) is 0. The molecule has 0 aliphatic heterocycles. The Morgan fingerprint density at radius 2 is 0.875 bits per heavy atom. The topological polar surface area (TPSA) is 29.1 Å². The minimum absolute atomic E-state index is 0.267. The molecule has 0 saturated carbocycles.